The minimum Gasteiger partial charge on any atom is -0.496 e. The average molecular weight is 602 g/mol. The van der Waals surface area contributed by atoms with Crippen LogP contribution in [-0.4, -0.2) is 57.1 Å². The number of nitrogen functional groups attached to an aromatic ring is 1. The normalized spacial score (nSPS) is 12.9. The van der Waals surface area contributed by atoms with E-state index in [0.717, 1.165) is 28.5 Å². The number of carbonyl (C=O) groups excluding carboxylic acids is 1. The first-order valence-corrected chi connectivity index (χ1v) is 15.4. The first-order chi connectivity index (χ1) is 19.7. The third-order valence-electron chi connectivity index (χ3n) is 6.02. The number of ether oxygens (including phenoxy) is 2. The number of imidazole rings is 1. The average Bonchev–Trinajstić information content (AvgIpc) is 3.36. The lowest BCUT2D eigenvalue weighted by Crippen LogP contribution is -2.13. The molecule has 0 aliphatic carbocycles. The summed E-state index contributed by atoms with van der Waals surface area (Å²) in [5.74, 6) is 0.870. The van der Waals surface area contributed by atoms with Gasteiger partial charge in [-0.2, -0.15) is 4.98 Å². The Morgan fingerprint density at radius 3 is 2.66 bits per heavy atom. The lowest BCUT2D eigenvalue weighted by Gasteiger charge is -2.19. The Kier molecular flexibility index (Phi) is 10.4. The highest BCUT2D eigenvalue weighted by molar-refractivity contribution is 8.14. The number of anilines is 1. The van der Waals surface area contributed by atoms with Crippen molar-refractivity contribution in [3.8, 4) is 5.75 Å². The van der Waals surface area contributed by atoms with E-state index < -0.39 is 13.2 Å². The maximum atomic E-state index is 13.6. The van der Waals surface area contributed by atoms with Gasteiger partial charge in [0.1, 0.15) is 12.1 Å². The van der Waals surface area contributed by atoms with Crippen molar-refractivity contribution in [3.63, 3.8) is 0 Å². The second kappa shape index (κ2) is 13.9. The highest BCUT2D eigenvalue weighted by Crippen LogP contribution is 2.49. The molecule has 0 radical (unpaired) electrons. The van der Waals surface area contributed by atoms with Crippen LogP contribution in [0, 0.1) is 13.8 Å². The molecular formula is C27H32N5O7PS. The van der Waals surface area contributed by atoms with Crippen LogP contribution in [0.15, 0.2) is 53.6 Å². The number of fused-ring (bicyclic) bond motifs is 1. The van der Waals surface area contributed by atoms with E-state index in [1.807, 2.05) is 44.2 Å². The molecule has 0 aliphatic rings. The van der Waals surface area contributed by atoms with Gasteiger partial charge in [-0.15, -0.1) is 0 Å². The summed E-state index contributed by atoms with van der Waals surface area (Å²) in [5, 5.41) is -0.154. The summed E-state index contributed by atoms with van der Waals surface area (Å²) in [5.41, 5.74) is 9.04. The molecule has 0 amide bonds. The number of hydrogen-bond donors (Lipinski definition) is 2. The number of nitrogens with two attached hydrogens (primary N) is 1. The summed E-state index contributed by atoms with van der Waals surface area (Å²) in [6, 6.07) is 12.9. The molecule has 1 unspecified atom stereocenters. The Morgan fingerprint density at radius 1 is 1.12 bits per heavy atom. The number of aromatic amines is 1. The summed E-state index contributed by atoms with van der Waals surface area (Å²) in [6.07, 6.45) is 1.15. The number of rotatable bonds is 14. The molecule has 0 aliphatic heterocycles. The number of thioether (sulfide) groups is 1. The van der Waals surface area contributed by atoms with Gasteiger partial charge in [-0.1, -0.05) is 47.7 Å². The van der Waals surface area contributed by atoms with Crippen LogP contribution in [-0.2, 0) is 31.5 Å². The van der Waals surface area contributed by atoms with Crippen LogP contribution < -0.4 is 16.0 Å². The second-order valence-corrected chi connectivity index (χ2v) is 12.2. The van der Waals surface area contributed by atoms with Gasteiger partial charge in [0.25, 0.3) is 5.56 Å². The Bertz CT molecular complexity index is 1610. The zero-order valence-electron chi connectivity index (χ0n) is 23.0. The second-order valence-electron chi connectivity index (χ2n) is 9.12. The van der Waals surface area contributed by atoms with E-state index >= 15 is 0 Å². The largest absolute Gasteiger partial charge is 0.496 e. The summed E-state index contributed by atoms with van der Waals surface area (Å²) < 4.78 is 37.6. The van der Waals surface area contributed by atoms with Crippen molar-refractivity contribution < 1.29 is 27.9 Å². The topological polar surface area (TPSA) is 161 Å². The fourth-order valence-electron chi connectivity index (χ4n) is 3.78. The van der Waals surface area contributed by atoms with Crippen LogP contribution in [0.4, 0.5) is 5.95 Å². The number of methoxy groups -OCH3 is 1. The molecule has 0 fully saturated rings. The van der Waals surface area contributed by atoms with Crippen LogP contribution in [0.3, 0.4) is 0 Å². The molecule has 1 atom stereocenters. The van der Waals surface area contributed by atoms with Crippen molar-refractivity contribution in [2.45, 2.75) is 27.0 Å². The highest BCUT2D eigenvalue weighted by atomic mass is 32.2. The maximum Gasteiger partial charge on any atom is 0.356 e. The van der Waals surface area contributed by atoms with Crippen molar-refractivity contribution in [2.24, 2.45) is 0 Å². The number of carbonyl (C=O) groups is 1. The zero-order chi connectivity index (χ0) is 29.4. The van der Waals surface area contributed by atoms with Crippen molar-refractivity contribution in [3.05, 3.63) is 81.4 Å². The van der Waals surface area contributed by atoms with E-state index in [4.69, 9.17) is 24.3 Å². The van der Waals surface area contributed by atoms with E-state index in [1.165, 1.54) is 6.33 Å². The Labute approximate surface area is 241 Å². The van der Waals surface area contributed by atoms with Gasteiger partial charge in [-0.3, -0.25) is 19.1 Å². The van der Waals surface area contributed by atoms with Crippen molar-refractivity contribution in [2.75, 3.05) is 38.2 Å². The van der Waals surface area contributed by atoms with Crippen LogP contribution in [0.5, 0.6) is 5.75 Å². The number of benzene rings is 2. The lowest BCUT2D eigenvalue weighted by molar-refractivity contribution is 0.108. The molecule has 2 aromatic carbocycles. The third-order valence-corrected chi connectivity index (χ3v) is 8.48. The van der Waals surface area contributed by atoms with Gasteiger partial charge in [-0.25, -0.2) is 4.98 Å². The Morgan fingerprint density at radius 2 is 1.90 bits per heavy atom. The van der Waals surface area contributed by atoms with Crippen LogP contribution >= 0.6 is 19.4 Å². The number of nitrogens with one attached hydrogen (secondary N) is 1. The predicted molar refractivity (Wildman–Crippen MR) is 157 cm³/mol. The van der Waals surface area contributed by atoms with Gasteiger partial charge < -0.3 is 28.8 Å². The number of hydrogen-bond acceptors (Lipinski definition) is 11. The number of nitrogens with zero attached hydrogens (tertiary/aromatic N) is 3. The first-order valence-electron chi connectivity index (χ1n) is 12.7. The van der Waals surface area contributed by atoms with Crippen LogP contribution in [0.1, 0.15) is 27.0 Å². The molecule has 0 saturated heterocycles. The zero-order valence-corrected chi connectivity index (χ0v) is 24.7. The van der Waals surface area contributed by atoms with Gasteiger partial charge >= 0.3 is 7.60 Å². The van der Waals surface area contributed by atoms with E-state index in [1.54, 1.807) is 23.8 Å². The lowest BCUT2D eigenvalue weighted by atomic mass is 10.1. The van der Waals surface area contributed by atoms with E-state index in [0.29, 0.717) is 17.0 Å². The molecule has 0 saturated carbocycles. The predicted octanol–water partition coefficient (Wildman–Crippen LogP) is 4.30. The fourth-order valence-corrected chi connectivity index (χ4v) is 5.84. The first kappa shape index (κ1) is 30.5. The van der Waals surface area contributed by atoms with Crippen LogP contribution in [0.25, 0.3) is 11.2 Å². The molecule has 3 N–H and O–H groups in total. The number of H-pyrrole nitrogens is 1. The number of aromatic nitrogens is 4. The summed E-state index contributed by atoms with van der Waals surface area (Å²) in [6.45, 7) is 4.33. The Hall–Kier alpha value is -3.48. The molecule has 12 nitrogen and oxygen atoms in total. The molecule has 218 valence electrons. The molecule has 2 aromatic heterocycles. The number of aryl methyl sites for hydroxylation is 2. The fraction of sp³-hybridized carbons (Fsp3) is 0.333. The molecule has 0 spiro atoms. The third kappa shape index (κ3) is 8.27. The minimum atomic E-state index is -3.70. The summed E-state index contributed by atoms with van der Waals surface area (Å²) >= 11 is 1.05. The standard InChI is InChI=1S/C27H32N5O7PS/c1-18-4-7-20(8-5-18)15-39-40(35,38-12-13-41-26(34)21-9-6-19(2)22(14-21)36-3)17-37-11-10-32-16-29-23-24(32)30-27(28)31-25(23)33/h4-9,14,16H,10-13,15,17H2,1-3H3,(H3,28,30,31,33). The van der Waals surface area contributed by atoms with E-state index in [9.17, 15) is 14.2 Å². The van der Waals surface area contributed by atoms with Crippen molar-refractivity contribution in [1.29, 1.82) is 0 Å². The van der Waals surface area contributed by atoms with Gasteiger partial charge in [0.2, 0.25) is 11.1 Å². The minimum absolute atomic E-state index is 0.00602. The van der Waals surface area contributed by atoms with Crippen LogP contribution in [0.2, 0.25) is 0 Å². The van der Waals surface area contributed by atoms with E-state index in [2.05, 4.69) is 15.0 Å². The molecule has 41 heavy (non-hydrogen) atoms. The summed E-state index contributed by atoms with van der Waals surface area (Å²) in [7, 11) is -2.15. The molecule has 4 aromatic rings. The quantitative estimate of drug-likeness (QED) is 0.157. The molecule has 2 heterocycles. The molecular weight excluding hydrogens is 569 g/mol. The van der Waals surface area contributed by atoms with E-state index in [-0.39, 0.29) is 55.0 Å². The smallest absolute Gasteiger partial charge is 0.356 e. The highest BCUT2D eigenvalue weighted by Gasteiger charge is 2.26. The Balaban J connectivity index is 1.33. The van der Waals surface area contributed by atoms with Crippen molar-refractivity contribution in [1.82, 2.24) is 19.5 Å². The van der Waals surface area contributed by atoms with Crippen molar-refractivity contribution >= 4 is 41.6 Å². The van der Waals surface area contributed by atoms with Gasteiger partial charge in [0.15, 0.2) is 11.2 Å². The molecule has 0 bridgehead atoms. The summed E-state index contributed by atoms with van der Waals surface area (Å²) in [4.78, 5) is 35.2. The SMILES string of the molecule is COc1cc(C(=O)SCCOP(=O)(COCCn2cnc3c(=O)[nH]c(N)nc32)OCc2ccc(C)cc2)ccc1C. The van der Waals surface area contributed by atoms with Gasteiger partial charge in [-0.05, 0) is 37.1 Å². The monoisotopic (exact) mass is 601 g/mol. The van der Waals surface area contributed by atoms with Gasteiger partial charge in [0.05, 0.1) is 33.3 Å². The van der Waals surface area contributed by atoms with Gasteiger partial charge in [0, 0.05) is 17.9 Å². The molecule has 4 rings (SSSR count). The maximum absolute atomic E-state index is 13.6. The molecule has 14 heteroatoms.